The zero-order valence-electron chi connectivity index (χ0n) is 6.54. The summed E-state index contributed by atoms with van der Waals surface area (Å²) in [4.78, 5) is 11.2. The van der Waals surface area contributed by atoms with Crippen molar-refractivity contribution < 1.29 is 9.21 Å². The van der Waals surface area contributed by atoms with Gasteiger partial charge in [-0.1, -0.05) is 0 Å². The van der Waals surface area contributed by atoms with Gasteiger partial charge in [-0.15, -0.1) is 0 Å². The van der Waals surface area contributed by atoms with Crippen LogP contribution < -0.4 is 11.1 Å². The largest absolute Gasteiger partial charge is 0.436 e. The molecule has 2 rings (SSSR count). The molecule has 0 unspecified atom stereocenters. The summed E-state index contributed by atoms with van der Waals surface area (Å²) in [6, 6.07) is 3.50. The summed E-state index contributed by atoms with van der Waals surface area (Å²) >= 11 is 0. The molecule has 1 saturated carbocycles. The molecule has 1 fully saturated rings. The number of nitrogens with one attached hydrogen (secondary N) is 1. The van der Waals surface area contributed by atoms with Crippen LogP contribution in [0.4, 0.5) is 5.88 Å². The Bertz CT molecular complexity index is 302. The van der Waals surface area contributed by atoms with Crippen LogP contribution in [0.25, 0.3) is 0 Å². The summed E-state index contributed by atoms with van der Waals surface area (Å²) in [5.41, 5.74) is 5.32. The first-order valence-corrected chi connectivity index (χ1v) is 3.92. The SMILES string of the molecule is Nc1ccc(C(=O)NC2CC2)o1. The van der Waals surface area contributed by atoms with Crippen LogP contribution >= 0.6 is 0 Å². The fraction of sp³-hybridized carbons (Fsp3) is 0.375. The quantitative estimate of drug-likeness (QED) is 0.681. The van der Waals surface area contributed by atoms with Gasteiger partial charge in [0.15, 0.2) is 11.6 Å². The van der Waals surface area contributed by atoms with E-state index in [1.807, 2.05) is 0 Å². The van der Waals surface area contributed by atoms with Crippen molar-refractivity contribution >= 4 is 11.8 Å². The molecule has 4 nitrogen and oxygen atoms in total. The number of nitrogens with two attached hydrogens (primary N) is 1. The molecule has 4 heteroatoms. The minimum absolute atomic E-state index is 0.172. The highest BCUT2D eigenvalue weighted by atomic mass is 16.4. The molecule has 1 aliphatic carbocycles. The minimum atomic E-state index is -0.172. The third-order valence-corrected chi connectivity index (χ3v) is 1.76. The topological polar surface area (TPSA) is 68.3 Å². The Hall–Kier alpha value is -1.45. The number of rotatable bonds is 2. The third kappa shape index (κ3) is 1.42. The molecule has 3 N–H and O–H groups in total. The molecular formula is C8H10N2O2. The van der Waals surface area contributed by atoms with Crippen molar-refractivity contribution in [2.24, 2.45) is 0 Å². The van der Waals surface area contributed by atoms with E-state index in [4.69, 9.17) is 10.2 Å². The van der Waals surface area contributed by atoms with Crippen molar-refractivity contribution in [3.05, 3.63) is 17.9 Å². The second-order valence-electron chi connectivity index (χ2n) is 2.95. The molecule has 0 aromatic carbocycles. The van der Waals surface area contributed by atoms with Gasteiger partial charge in [-0.2, -0.15) is 0 Å². The number of hydrogen-bond donors (Lipinski definition) is 2. The maximum absolute atomic E-state index is 11.2. The molecule has 1 heterocycles. The highest BCUT2D eigenvalue weighted by Gasteiger charge is 2.24. The highest BCUT2D eigenvalue weighted by Crippen LogP contribution is 2.19. The third-order valence-electron chi connectivity index (χ3n) is 1.76. The van der Waals surface area contributed by atoms with Crippen LogP contribution in [0.5, 0.6) is 0 Å². The fourth-order valence-electron chi connectivity index (χ4n) is 0.959. The van der Waals surface area contributed by atoms with Gasteiger partial charge in [-0.05, 0) is 18.9 Å². The van der Waals surface area contributed by atoms with E-state index in [0.29, 0.717) is 11.8 Å². The average molecular weight is 166 g/mol. The van der Waals surface area contributed by atoms with Crippen molar-refractivity contribution in [3.8, 4) is 0 Å². The summed E-state index contributed by atoms with van der Waals surface area (Å²) in [7, 11) is 0. The van der Waals surface area contributed by atoms with Crippen molar-refractivity contribution in [2.75, 3.05) is 5.73 Å². The Labute approximate surface area is 69.7 Å². The molecule has 12 heavy (non-hydrogen) atoms. The lowest BCUT2D eigenvalue weighted by Crippen LogP contribution is -2.24. The highest BCUT2D eigenvalue weighted by molar-refractivity contribution is 5.92. The molecule has 1 amide bonds. The van der Waals surface area contributed by atoms with Gasteiger partial charge < -0.3 is 15.5 Å². The molecule has 0 bridgehead atoms. The van der Waals surface area contributed by atoms with Crippen LogP contribution in [-0.4, -0.2) is 11.9 Å². The van der Waals surface area contributed by atoms with Gasteiger partial charge in [0.2, 0.25) is 0 Å². The van der Waals surface area contributed by atoms with E-state index >= 15 is 0 Å². The Kier molecular flexibility index (Phi) is 1.53. The fourth-order valence-corrected chi connectivity index (χ4v) is 0.959. The molecule has 1 aromatic heterocycles. The Morgan fingerprint density at radius 3 is 2.83 bits per heavy atom. The van der Waals surface area contributed by atoms with Gasteiger partial charge >= 0.3 is 0 Å². The number of hydrogen-bond acceptors (Lipinski definition) is 3. The van der Waals surface area contributed by atoms with E-state index in [2.05, 4.69) is 5.32 Å². The summed E-state index contributed by atoms with van der Waals surface area (Å²) < 4.78 is 4.94. The smallest absolute Gasteiger partial charge is 0.287 e. The molecular weight excluding hydrogens is 156 g/mol. The number of anilines is 1. The lowest BCUT2D eigenvalue weighted by Gasteiger charge is -1.97. The Morgan fingerprint density at radius 1 is 1.58 bits per heavy atom. The minimum Gasteiger partial charge on any atom is -0.436 e. The Balaban J connectivity index is 2.03. The lowest BCUT2D eigenvalue weighted by atomic mass is 10.4. The van der Waals surface area contributed by atoms with Gasteiger partial charge in [0.25, 0.3) is 5.91 Å². The molecule has 0 saturated heterocycles. The van der Waals surface area contributed by atoms with Crippen molar-refractivity contribution in [3.63, 3.8) is 0 Å². The molecule has 0 atom stereocenters. The molecule has 0 radical (unpaired) electrons. The van der Waals surface area contributed by atoms with Crippen molar-refractivity contribution in [1.29, 1.82) is 0 Å². The first-order valence-electron chi connectivity index (χ1n) is 3.92. The summed E-state index contributed by atoms with van der Waals surface area (Å²) in [5.74, 6) is 0.393. The predicted octanol–water partition coefficient (Wildman–Crippen LogP) is 0.754. The second kappa shape index (κ2) is 2.55. The van der Waals surface area contributed by atoms with Gasteiger partial charge in [-0.3, -0.25) is 4.79 Å². The van der Waals surface area contributed by atoms with E-state index < -0.39 is 0 Å². The van der Waals surface area contributed by atoms with E-state index in [1.165, 1.54) is 0 Å². The van der Waals surface area contributed by atoms with Gasteiger partial charge in [0.05, 0.1) is 0 Å². The van der Waals surface area contributed by atoms with Crippen LogP contribution in [-0.2, 0) is 0 Å². The van der Waals surface area contributed by atoms with Crippen LogP contribution in [0.15, 0.2) is 16.5 Å². The van der Waals surface area contributed by atoms with Crippen molar-refractivity contribution in [1.82, 2.24) is 5.32 Å². The normalized spacial score (nSPS) is 16.0. The Morgan fingerprint density at radius 2 is 2.33 bits per heavy atom. The molecule has 1 aromatic rings. The predicted molar refractivity (Wildman–Crippen MR) is 43.6 cm³/mol. The number of furan rings is 1. The van der Waals surface area contributed by atoms with Crippen LogP contribution in [0.3, 0.4) is 0 Å². The van der Waals surface area contributed by atoms with Crippen molar-refractivity contribution in [2.45, 2.75) is 18.9 Å². The summed E-state index contributed by atoms with van der Waals surface area (Å²) in [5, 5.41) is 2.80. The first kappa shape index (κ1) is 7.21. The van der Waals surface area contributed by atoms with E-state index in [1.54, 1.807) is 12.1 Å². The molecule has 1 aliphatic rings. The number of amides is 1. The van der Waals surface area contributed by atoms with E-state index in [9.17, 15) is 4.79 Å². The number of carbonyl (C=O) groups excluding carboxylic acids is 1. The molecule has 0 aliphatic heterocycles. The molecule has 0 spiro atoms. The maximum Gasteiger partial charge on any atom is 0.287 e. The maximum atomic E-state index is 11.2. The van der Waals surface area contributed by atoms with E-state index in [0.717, 1.165) is 12.8 Å². The lowest BCUT2D eigenvalue weighted by molar-refractivity contribution is 0.0924. The monoisotopic (exact) mass is 166 g/mol. The average Bonchev–Trinajstić information content (AvgIpc) is 2.72. The standard InChI is InChI=1S/C8H10N2O2/c9-7-4-3-6(12-7)8(11)10-5-1-2-5/h3-5H,1-2,9H2,(H,10,11). The van der Waals surface area contributed by atoms with Gasteiger partial charge in [-0.25, -0.2) is 0 Å². The zero-order chi connectivity index (χ0) is 8.55. The molecule has 64 valence electrons. The zero-order valence-corrected chi connectivity index (χ0v) is 6.54. The number of nitrogen functional groups attached to an aromatic ring is 1. The number of carbonyl (C=O) groups is 1. The second-order valence-corrected chi connectivity index (χ2v) is 2.95. The summed E-state index contributed by atoms with van der Waals surface area (Å²) in [6.07, 6.45) is 2.14. The van der Waals surface area contributed by atoms with Crippen LogP contribution in [0, 0.1) is 0 Å². The van der Waals surface area contributed by atoms with Crippen LogP contribution in [0.2, 0.25) is 0 Å². The van der Waals surface area contributed by atoms with Gasteiger partial charge in [0, 0.05) is 12.1 Å². The summed E-state index contributed by atoms with van der Waals surface area (Å²) in [6.45, 7) is 0. The van der Waals surface area contributed by atoms with Crippen LogP contribution in [0.1, 0.15) is 23.4 Å². The first-order chi connectivity index (χ1) is 5.75. The van der Waals surface area contributed by atoms with E-state index in [-0.39, 0.29) is 11.8 Å². The van der Waals surface area contributed by atoms with Gasteiger partial charge in [0.1, 0.15) is 0 Å².